The Hall–Kier alpha value is -4.84. The number of hydrogen-bond acceptors (Lipinski definition) is 5. The smallest absolute Gasteiger partial charge is 0.416 e. The zero-order chi connectivity index (χ0) is 34.0. The second-order valence-electron chi connectivity index (χ2n) is 10.4. The van der Waals surface area contributed by atoms with Gasteiger partial charge in [-0.15, -0.1) is 0 Å². The highest BCUT2D eigenvalue weighted by atomic mass is 35.5. The summed E-state index contributed by atoms with van der Waals surface area (Å²) in [6.45, 7) is 5.22. The molecule has 13 heteroatoms. The monoisotopic (exact) mass is 661 g/mol. The molecule has 0 aliphatic heterocycles. The second kappa shape index (κ2) is 13.3. The molecule has 1 aromatic heterocycles. The number of nitrogens with one attached hydrogen (secondary N) is 2. The van der Waals surface area contributed by atoms with Crippen LogP contribution in [-0.4, -0.2) is 21.8 Å². The van der Waals surface area contributed by atoms with Crippen LogP contribution < -0.4 is 10.1 Å². The average Bonchev–Trinajstić information content (AvgIpc) is 2.97. The molecule has 0 saturated carbocycles. The molecule has 0 spiro atoms. The van der Waals surface area contributed by atoms with Crippen LogP contribution >= 0.6 is 11.6 Å². The number of aryl methyl sites for hydroxylation is 2. The van der Waals surface area contributed by atoms with Crippen molar-refractivity contribution in [2.24, 2.45) is 0 Å². The number of ether oxygens (including phenoxy) is 1. The van der Waals surface area contributed by atoms with E-state index in [0.29, 0.717) is 28.7 Å². The van der Waals surface area contributed by atoms with Crippen molar-refractivity contribution in [3.05, 3.63) is 116 Å². The molecule has 0 unspecified atom stereocenters. The average molecular weight is 662 g/mol. The fraction of sp³-hybridized carbons (Fsp3) is 0.182. The number of carboxylic acid groups (broad SMARTS) is 1. The van der Waals surface area contributed by atoms with Crippen LogP contribution in [0.4, 0.5) is 32.2 Å². The molecule has 0 radical (unpaired) electrons. The minimum absolute atomic E-state index is 0.0139. The Morgan fingerprint density at radius 1 is 0.913 bits per heavy atom. The Morgan fingerprint density at radius 3 is 1.98 bits per heavy atom. The number of hydrogen-bond donors (Lipinski definition) is 3. The lowest BCUT2D eigenvalue weighted by Crippen LogP contribution is -2.14. The lowest BCUT2D eigenvalue weighted by Gasteiger charge is -2.15. The Labute approximate surface area is 264 Å². The Morgan fingerprint density at radius 2 is 1.48 bits per heavy atom. The number of aromatic nitrogens is 1. The van der Waals surface area contributed by atoms with Gasteiger partial charge in [-0.25, -0.2) is 9.78 Å². The molecule has 0 bridgehead atoms. The summed E-state index contributed by atoms with van der Waals surface area (Å²) in [7, 11) is 0. The maximum Gasteiger partial charge on any atom is 0.416 e. The molecule has 4 aromatic rings. The third kappa shape index (κ3) is 8.25. The van der Waals surface area contributed by atoms with Gasteiger partial charge < -0.3 is 20.6 Å². The molecule has 0 saturated heterocycles. The number of pyridine rings is 1. The maximum absolute atomic E-state index is 13.3. The fourth-order valence-electron chi connectivity index (χ4n) is 4.55. The third-order valence-corrected chi connectivity index (χ3v) is 7.33. The summed E-state index contributed by atoms with van der Waals surface area (Å²) in [5.74, 6) is -0.275. The van der Waals surface area contributed by atoms with Gasteiger partial charge in [0.05, 0.1) is 27.9 Å². The molecule has 1 heterocycles. The fourth-order valence-corrected chi connectivity index (χ4v) is 4.65. The number of carboxylic acids is 1. The van der Waals surface area contributed by atoms with E-state index in [0.717, 1.165) is 34.9 Å². The summed E-state index contributed by atoms with van der Waals surface area (Å²) in [5, 5.41) is 21.6. The third-order valence-electron chi connectivity index (χ3n) is 6.73. The van der Waals surface area contributed by atoms with Crippen molar-refractivity contribution in [2.45, 2.75) is 39.7 Å². The van der Waals surface area contributed by atoms with Gasteiger partial charge in [0.1, 0.15) is 17.3 Å². The Balaban J connectivity index is 1.62. The maximum atomic E-state index is 13.3. The zero-order valence-corrected chi connectivity index (χ0v) is 25.2. The van der Waals surface area contributed by atoms with Crippen LogP contribution in [0.1, 0.15) is 61.9 Å². The van der Waals surface area contributed by atoms with E-state index in [9.17, 15) is 36.2 Å². The van der Waals surface area contributed by atoms with Crippen LogP contribution in [0.5, 0.6) is 11.5 Å². The van der Waals surface area contributed by atoms with Gasteiger partial charge in [-0.3, -0.25) is 0 Å². The van der Waals surface area contributed by atoms with Crippen LogP contribution in [0, 0.1) is 19.3 Å². The van der Waals surface area contributed by atoms with Crippen molar-refractivity contribution in [3.63, 3.8) is 0 Å². The second-order valence-corrected chi connectivity index (χ2v) is 10.8. The van der Waals surface area contributed by atoms with Gasteiger partial charge in [0.25, 0.3) is 0 Å². The van der Waals surface area contributed by atoms with Gasteiger partial charge in [0.15, 0.2) is 0 Å². The molecule has 240 valence electrons. The summed E-state index contributed by atoms with van der Waals surface area (Å²) in [4.78, 5) is 16.4. The van der Waals surface area contributed by atoms with Gasteiger partial charge >= 0.3 is 18.3 Å². The summed E-state index contributed by atoms with van der Waals surface area (Å²) >= 11 is 6.22. The van der Waals surface area contributed by atoms with Gasteiger partial charge in [-0.05, 0) is 97.6 Å². The number of halogens is 7. The van der Waals surface area contributed by atoms with Crippen LogP contribution in [-0.2, 0) is 18.9 Å². The number of benzene rings is 3. The molecule has 3 aromatic carbocycles. The number of aromatic carboxylic acids is 1. The molecule has 4 rings (SSSR count). The molecule has 3 N–H and O–H groups in total. The van der Waals surface area contributed by atoms with Crippen LogP contribution in [0.3, 0.4) is 0 Å². The normalized spacial score (nSPS) is 12.0. The molecule has 0 aliphatic carbocycles. The molecular weight excluding hydrogens is 636 g/mol. The first-order chi connectivity index (χ1) is 21.4. The molecule has 6 nitrogen and oxygen atoms in total. The molecule has 0 aliphatic rings. The van der Waals surface area contributed by atoms with E-state index in [-0.39, 0.29) is 41.0 Å². The molecule has 0 fully saturated rings. The van der Waals surface area contributed by atoms with E-state index in [1.54, 1.807) is 36.4 Å². The number of anilines is 1. The first-order valence-electron chi connectivity index (χ1n) is 13.5. The highest BCUT2D eigenvalue weighted by molar-refractivity contribution is 6.32. The first kappa shape index (κ1) is 34.0. The van der Waals surface area contributed by atoms with Crippen LogP contribution in [0.15, 0.2) is 60.7 Å². The van der Waals surface area contributed by atoms with Gasteiger partial charge in [-0.2, -0.15) is 26.3 Å². The number of alkyl halides is 6. The number of carbonyl (C=O) groups is 1. The van der Waals surface area contributed by atoms with Gasteiger partial charge in [-0.1, -0.05) is 29.8 Å². The van der Waals surface area contributed by atoms with E-state index in [2.05, 4.69) is 10.3 Å². The number of nitrogens with zero attached hydrogens (tertiary/aromatic N) is 1. The van der Waals surface area contributed by atoms with Gasteiger partial charge in [0, 0.05) is 17.3 Å². The van der Waals surface area contributed by atoms with Gasteiger partial charge in [0.2, 0.25) is 0 Å². The van der Waals surface area contributed by atoms with E-state index in [1.165, 1.54) is 6.92 Å². The highest BCUT2D eigenvalue weighted by Gasteiger charge is 2.36. The molecule has 46 heavy (non-hydrogen) atoms. The number of rotatable bonds is 9. The lowest BCUT2D eigenvalue weighted by atomic mass is 10.0. The SMILES string of the molecule is CC(=N)c1c(C(=O)O)cc(/C=C/c2cc(C(F)(F)F)cc(C(F)(F)F)c2)nc1NCc1ccc(Oc2cc(C)c(Cl)c(C)c2)cc1. The van der Waals surface area contributed by atoms with Crippen LogP contribution in [0.25, 0.3) is 12.2 Å². The quantitative estimate of drug-likeness (QED) is 0.123. The molecule has 0 atom stereocenters. The summed E-state index contributed by atoms with van der Waals surface area (Å²) in [6, 6.07) is 12.7. The van der Waals surface area contributed by atoms with Crippen LogP contribution in [0.2, 0.25) is 5.02 Å². The summed E-state index contributed by atoms with van der Waals surface area (Å²) < 4.78 is 85.7. The summed E-state index contributed by atoms with van der Waals surface area (Å²) in [5.41, 5.74) is -1.52. The molecular formula is C33H26ClF6N3O3. The highest BCUT2D eigenvalue weighted by Crippen LogP contribution is 2.37. The molecule has 0 amide bonds. The van der Waals surface area contributed by atoms with E-state index in [4.69, 9.17) is 21.7 Å². The predicted octanol–water partition coefficient (Wildman–Crippen LogP) is 10.1. The summed E-state index contributed by atoms with van der Waals surface area (Å²) in [6.07, 6.45) is -7.99. The first-order valence-corrected chi connectivity index (χ1v) is 13.9. The van der Waals surface area contributed by atoms with Crippen molar-refractivity contribution in [2.75, 3.05) is 5.32 Å². The van der Waals surface area contributed by atoms with E-state index >= 15 is 0 Å². The largest absolute Gasteiger partial charge is 0.478 e. The van der Waals surface area contributed by atoms with Crippen molar-refractivity contribution in [1.29, 1.82) is 5.41 Å². The Bertz CT molecular complexity index is 1780. The van der Waals surface area contributed by atoms with Crippen molar-refractivity contribution >= 4 is 41.3 Å². The van der Waals surface area contributed by atoms with Crippen molar-refractivity contribution in [3.8, 4) is 11.5 Å². The van der Waals surface area contributed by atoms with E-state index < -0.39 is 35.0 Å². The zero-order valence-electron chi connectivity index (χ0n) is 24.5. The van der Waals surface area contributed by atoms with Crippen molar-refractivity contribution < 1.29 is 41.0 Å². The minimum Gasteiger partial charge on any atom is -0.478 e. The predicted molar refractivity (Wildman–Crippen MR) is 164 cm³/mol. The standard InChI is InChI=1S/C33H26ClF6N3O3/c1-17-10-26(11-18(2)29(17)34)46-25-8-5-20(6-9-25)16-42-30-28(19(3)41)27(31(44)45)15-24(43-30)7-4-21-12-22(32(35,36)37)14-23(13-21)33(38,39)40/h4-15,41H,16H2,1-3H3,(H,42,43)(H,44,45)/b7-4+,41-19?. The van der Waals surface area contributed by atoms with E-state index in [1.807, 2.05) is 13.8 Å². The lowest BCUT2D eigenvalue weighted by molar-refractivity contribution is -0.143. The topological polar surface area (TPSA) is 95.3 Å². The Kier molecular flexibility index (Phi) is 9.81. The minimum atomic E-state index is -5.03. The van der Waals surface area contributed by atoms with Crippen molar-refractivity contribution in [1.82, 2.24) is 4.98 Å².